The Hall–Kier alpha value is -1.76. The molecule has 0 aromatic rings. The van der Waals surface area contributed by atoms with Crippen molar-refractivity contribution in [2.75, 3.05) is 6.54 Å². The zero-order valence-electron chi connectivity index (χ0n) is 15.4. The molecule has 0 fully saturated rings. The zero-order valence-corrected chi connectivity index (χ0v) is 15.4. The first-order chi connectivity index (χ1) is 11.3. The second-order valence-corrected chi connectivity index (χ2v) is 7.69. The van der Waals surface area contributed by atoms with Crippen molar-refractivity contribution in [3.8, 4) is 12.3 Å². The lowest BCUT2D eigenvalue weighted by Gasteiger charge is -2.30. The number of allylic oxidation sites excluding steroid dienone is 2. The number of carboxylic acid groups (broad SMARTS) is 1. The summed E-state index contributed by atoms with van der Waals surface area (Å²) in [6.45, 7) is 7.52. The maximum absolute atomic E-state index is 11.3. The molecule has 1 unspecified atom stereocenters. The van der Waals surface area contributed by atoms with Gasteiger partial charge in [0.15, 0.2) is 0 Å². The third-order valence-electron chi connectivity index (χ3n) is 4.26. The summed E-state index contributed by atoms with van der Waals surface area (Å²) in [6, 6.07) is 0. The third kappa shape index (κ3) is 7.68. The normalized spacial score (nSPS) is 17.5. The Morgan fingerprint density at radius 1 is 1.21 bits per heavy atom. The molecule has 1 aliphatic heterocycles. The van der Waals surface area contributed by atoms with Gasteiger partial charge in [0.05, 0.1) is 5.70 Å². The van der Waals surface area contributed by atoms with Crippen molar-refractivity contribution in [2.45, 2.75) is 78.3 Å². The number of nitrogens with zero attached hydrogens (tertiary/aromatic N) is 2. The lowest BCUT2D eigenvalue weighted by atomic mass is 9.89. The van der Waals surface area contributed by atoms with E-state index >= 15 is 0 Å². The smallest absolute Gasteiger partial charge is 0.349 e. The topological polar surface area (TPSA) is 52.9 Å². The predicted molar refractivity (Wildman–Crippen MR) is 99.9 cm³/mol. The SMILES string of the molecule is C#CC1=CC=NC(C(=O)O)N1CCCCCCCCCC(C)(C)C. The van der Waals surface area contributed by atoms with Crippen molar-refractivity contribution in [1.82, 2.24) is 4.90 Å². The van der Waals surface area contributed by atoms with Crippen LogP contribution in [-0.4, -0.2) is 34.9 Å². The molecule has 0 saturated carbocycles. The van der Waals surface area contributed by atoms with Crippen LogP contribution in [0.5, 0.6) is 0 Å². The molecule has 0 bridgehead atoms. The van der Waals surface area contributed by atoms with Crippen LogP contribution in [0, 0.1) is 17.8 Å². The van der Waals surface area contributed by atoms with E-state index in [4.69, 9.17) is 6.42 Å². The molecule has 0 spiro atoms. The summed E-state index contributed by atoms with van der Waals surface area (Å²) in [4.78, 5) is 17.0. The minimum atomic E-state index is -0.953. The lowest BCUT2D eigenvalue weighted by molar-refractivity contribution is -0.142. The van der Waals surface area contributed by atoms with E-state index in [1.165, 1.54) is 44.7 Å². The molecule has 0 radical (unpaired) electrons. The molecule has 0 saturated heterocycles. The molecule has 1 heterocycles. The largest absolute Gasteiger partial charge is 0.478 e. The van der Waals surface area contributed by atoms with E-state index in [1.54, 1.807) is 11.0 Å². The standard InChI is InChI=1S/C20H32N2O2/c1-5-17-13-15-21-18(19(23)24)22(17)16-12-10-8-6-7-9-11-14-20(2,3)4/h1,13,15,18H,6-12,14,16H2,2-4H3,(H,23,24). The highest BCUT2D eigenvalue weighted by Crippen LogP contribution is 2.22. The van der Waals surface area contributed by atoms with E-state index in [9.17, 15) is 9.90 Å². The highest BCUT2D eigenvalue weighted by atomic mass is 16.4. The lowest BCUT2D eigenvalue weighted by Crippen LogP contribution is -2.41. The molecule has 24 heavy (non-hydrogen) atoms. The Kier molecular flexibility index (Phi) is 8.60. The van der Waals surface area contributed by atoms with Crippen molar-refractivity contribution in [1.29, 1.82) is 0 Å². The van der Waals surface area contributed by atoms with E-state index < -0.39 is 12.1 Å². The summed E-state index contributed by atoms with van der Waals surface area (Å²) in [5.74, 6) is 1.61. The number of terminal acetylenes is 1. The molecule has 4 nitrogen and oxygen atoms in total. The number of rotatable bonds is 10. The number of aliphatic carboxylic acids is 1. The quantitative estimate of drug-likeness (QED) is 0.474. The van der Waals surface area contributed by atoms with Crippen LogP contribution >= 0.6 is 0 Å². The molecule has 0 amide bonds. The summed E-state index contributed by atoms with van der Waals surface area (Å²) in [6.07, 6.45) is 17.5. The van der Waals surface area contributed by atoms with Gasteiger partial charge in [-0.3, -0.25) is 4.99 Å². The first-order valence-electron chi connectivity index (χ1n) is 9.05. The number of hydrogen-bond acceptors (Lipinski definition) is 3. The Balaban J connectivity index is 2.18. The van der Waals surface area contributed by atoms with E-state index in [2.05, 4.69) is 31.7 Å². The van der Waals surface area contributed by atoms with Crippen molar-refractivity contribution >= 4 is 12.2 Å². The average molecular weight is 332 g/mol. The van der Waals surface area contributed by atoms with Gasteiger partial charge in [0.2, 0.25) is 6.17 Å². The monoisotopic (exact) mass is 332 g/mol. The van der Waals surface area contributed by atoms with Crippen LogP contribution in [0.2, 0.25) is 0 Å². The Morgan fingerprint density at radius 3 is 2.33 bits per heavy atom. The second-order valence-electron chi connectivity index (χ2n) is 7.69. The number of carbonyl (C=O) groups is 1. The number of unbranched alkanes of at least 4 members (excludes halogenated alkanes) is 6. The molecule has 1 aliphatic rings. The van der Waals surface area contributed by atoms with Gasteiger partial charge in [0.1, 0.15) is 0 Å². The van der Waals surface area contributed by atoms with E-state index in [-0.39, 0.29) is 0 Å². The molecule has 0 aromatic carbocycles. The summed E-state index contributed by atoms with van der Waals surface area (Å²) in [5, 5.41) is 9.25. The predicted octanol–water partition coefficient (Wildman–Crippen LogP) is 4.47. The van der Waals surface area contributed by atoms with Gasteiger partial charge >= 0.3 is 5.97 Å². The van der Waals surface area contributed by atoms with Gasteiger partial charge in [0.25, 0.3) is 0 Å². The maximum Gasteiger partial charge on any atom is 0.349 e. The average Bonchev–Trinajstić information content (AvgIpc) is 2.51. The van der Waals surface area contributed by atoms with Gasteiger partial charge in [-0.1, -0.05) is 65.2 Å². The number of aliphatic imine (C=N–C) groups is 1. The molecule has 0 aliphatic carbocycles. The molecule has 4 heteroatoms. The second kappa shape index (κ2) is 10.2. The zero-order chi connectivity index (χ0) is 18.0. The van der Waals surface area contributed by atoms with Gasteiger partial charge in [0, 0.05) is 12.8 Å². The highest BCUT2D eigenvalue weighted by molar-refractivity contribution is 5.82. The van der Waals surface area contributed by atoms with Crippen molar-refractivity contribution < 1.29 is 9.90 Å². The summed E-state index contributed by atoms with van der Waals surface area (Å²) in [7, 11) is 0. The summed E-state index contributed by atoms with van der Waals surface area (Å²) < 4.78 is 0. The fraction of sp³-hybridized carbons (Fsp3) is 0.700. The van der Waals surface area contributed by atoms with Gasteiger partial charge in [-0.15, -0.1) is 6.42 Å². The molecular formula is C20H32N2O2. The van der Waals surface area contributed by atoms with Crippen LogP contribution in [0.3, 0.4) is 0 Å². The Morgan fingerprint density at radius 2 is 1.79 bits per heavy atom. The van der Waals surface area contributed by atoms with Gasteiger partial charge in [-0.2, -0.15) is 0 Å². The van der Waals surface area contributed by atoms with Gasteiger partial charge in [-0.05, 0) is 24.3 Å². The highest BCUT2D eigenvalue weighted by Gasteiger charge is 2.26. The molecule has 0 aromatic heterocycles. The van der Waals surface area contributed by atoms with Gasteiger partial charge < -0.3 is 10.0 Å². The summed E-state index contributed by atoms with van der Waals surface area (Å²) in [5.41, 5.74) is 1.06. The van der Waals surface area contributed by atoms with Crippen molar-refractivity contribution in [3.63, 3.8) is 0 Å². The van der Waals surface area contributed by atoms with E-state index in [1.807, 2.05) is 0 Å². The van der Waals surface area contributed by atoms with E-state index in [0.717, 1.165) is 12.8 Å². The van der Waals surface area contributed by atoms with Crippen LogP contribution in [-0.2, 0) is 4.79 Å². The molecular weight excluding hydrogens is 300 g/mol. The molecule has 1 N–H and O–H groups in total. The maximum atomic E-state index is 11.3. The fourth-order valence-corrected chi connectivity index (χ4v) is 2.90. The van der Waals surface area contributed by atoms with Crippen LogP contribution in [0.1, 0.15) is 72.1 Å². The van der Waals surface area contributed by atoms with Crippen molar-refractivity contribution in [2.24, 2.45) is 10.4 Å². The fourth-order valence-electron chi connectivity index (χ4n) is 2.90. The number of carboxylic acids is 1. The van der Waals surface area contributed by atoms with Crippen LogP contribution < -0.4 is 0 Å². The molecule has 1 atom stereocenters. The van der Waals surface area contributed by atoms with Crippen LogP contribution in [0.25, 0.3) is 0 Å². The molecule has 1 rings (SSSR count). The Bertz CT molecular complexity index is 495. The first-order valence-corrected chi connectivity index (χ1v) is 9.05. The van der Waals surface area contributed by atoms with Crippen LogP contribution in [0.4, 0.5) is 0 Å². The third-order valence-corrected chi connectivity index (χ3v) is 4.26. The van der Waals surface area contributed by atoms with Crippen molar-refractivity contribution in [3.05, 3.63) is 11.8 Å². The number of hydrogen-bond donors (Lipinski definition) is 1. The van der Waals surface area contributed by atoms with Gasteiger partial charge in [-0.25, -0.2) is 4.79 Å². The first kappa shape index (κ1) is 20.3. The minimum Gasteiger partial charge on any atom is -0.478 e. The molecule has 134 valence electrons. The van der Waals surface area contributed by atoms with E-state index in [0.29, 0.717) is 17.7 Å². The van der Waals surface area contributed by atoms with Crippen LogP contribution in [0.15, 0.2) is 16.8 Å². The minimum absolute atomic E-state index is 0.444. The Labute approximate surface area is 147 Å². The summed E-state index contributed by atoms with van der Waals surface area (Å²) >= 11 is 0.